The maximum absolute atomic E-state index is 12.5. The first-order valence-electron chi connectivity index (χ1n) is 18.5. The summed E-state index contributed by atoms with van der Waals surface area (Å²) in [6.07, 6.45) is -13.1. The van der Waals surface area contributed by atoms with Gasteiger partial charge in [0, 0.05) is 16.7 Å². The van der Waals surface area contributed by atoms with Gasteiger partial charge in [0.05, 0.1) is 52.3 Å². The van der Waals surface area contributed by atoms with Gasteiger partial charge in [-0.1, -0.05) is 36.7 Å². The van der Waals surface area contributed by atoms with Crippen LogP contribution in [0.5, 0.6) is 0 Å². The molecule has 9 rings (SSSR count). The SMILES string of the molecule is C.Nc1c(Cl)ccc2oc(-c3ccc(C(F)(F)F)cc3)nc12.Nc1ccc(Cl)c2oc(-c3ccc(C(F)(F)F)cc3)nc12.Nc1cccc2oc(-c3ccc(C(F)(F)F)cc3)nc12.[2H]CF. The molecule has 0 amide bonds. The molecule has 0 saturated heterocycles. The van der Waals surface area contributed by atoms with Crippen molar-refractivity contribution in [2.24, 2.45) is 0 Å². The number of nitrogens with two attached hydrogens (primary N) is 3. The zero-order valence-electron chi connectivity index (χ0n) is 33.0. The molecular formula is C44H32Cl2F10N6O3. The zero-order chi connectivity index (χ0) is 47.4. The third kappa shape index (κ3) is 11.0. The van der Waals surface area contributed by atoms with Crippen LogP contribution in [0.15, 0.2) is 129 Å². The molecule has 0 fully saturated rings. The molecule has 0 aliphatic heterocycles. The number of halogens is 12. The van der Waals surface area contributed by atoms with Crippen LogP contribution < -0.4 is 17.2 Å². The number of para-hydroxylation sites is 1. The van der Waals surface area contributed by atoms with Crippen LogP contribution in [0.4, 0.5) is 61.0 Å². The van der Waals surface area contributed by atoms with Gasteiger partial charge < -0.3 is 30.5 Å². The topological polar surface area (TPSA) is 156 Å². The summed E-state index contributed by atoms with van der Waals surface area (Å²) >= 11 is 11.9. The molecule has 0 aliphatic carbocycles. The molecule has 340 valence electrons. The van der Waals surface area contributed by atoms with Crippen LogP contribution in [0.25, 0.3) is 67.7 Å². The Labute approximate surface area is 372 Å². The van der Waals surface area contributed by atoms with Gasteiger partial charge in [0.15, 0.2) is 16.7 Å². The van der Waals surface area contributed by atoms with Crippen LogP contribution >= 0.6 is 23.2 Å². The highest BCUT2D eigenvalue weighted by molar-refractivity contribution is 6.35. The van der Waals surface area contributed by atoms with E-state index in [1.807, 2.05) is 0 Å². The summed E-state index contributed by atoms with van der Waals surface area (Å²) in [5.74, 6) is 0.595. The molecule has 3 aromatic heterocycles. The second kappa shape index (κ2) is 19.4. The second-order valence-corrected chi connectivity index (χ2v) is 13.9. The molecule has 3 heterocycles. The average Bonchev–Trinajstić information content (AvgIpc) is 4.03. The van der Waals surface area contributed by atoms with Gasteiger partial charge in [0.1, 0.15) is 16.6 Å². The zero-order valence-corrected chi connectivity index (χ0v) is 33.5. The van der Waals surface area contributed by atoms with Crippen LogP contribution in [0.1, 0.15) is 25.5 Å². The fourth-order valence-electron chi connectivity index (χ4n) is 5.73. The first-order valence-corrected chi connectivity index (χ1v) is 18.6. The summed E-state index contributed by atoms with van der Waals surface area (Å²) in [5.41, 5.74) is 20.1. The van der Waals surface area contributed by atoms with Gasteiger partial charge in [0.25, 0.3) is 0 Å². The summed E-state index contributed by atoms with van der Waals surface area (Å²) in [6, 6.07) is 25.1. The molecule has 65 heavy (non-hydrogen) atoms. The smallest absolute Gasteiger partial charge is 0.416 e. The normalized spacial score (nSPS) is 11.7. The molecular weight excluding hydrogens is 921 g/mol. The van der Waals surface area contributed by atoms with E-state index in [4.69, 9.17) is 55.0 Å². The lowest BCUT2D eigenvalue weighted by atomic mass is 10.1. The lowest BCUT2D eigenvalue weighted by Crippen LogP contribution is -2.03. The third-order valence-electron chi connectivity index (χ3n) is 8.90. The van der Waals surface area contributed by atoms with Crippen molar-refractivity contribution in [2.45, 2.75) is 26.0 Å². The first kappa shape index (κ1) is 47.5. The Balaban J connectivity index is 0.000000179. The fourth-order valence-corrected chi connectivity index (χ4v) is 6.07. The lowest BCUT2D eigenvalue weighted by Gasteiger charge is -2.05. The van der Waals surface area contributed by atoms with Gasteiger partial charge in [-0.2, -0.15) is 39.5 Å². The summed E-state index contributed by atoms with van der Waals surface area (Å²) in [7, 11) is -1.00. The van der Waals surface area contributed by atoms with Crippen molar-refractivity contribution in [3.8, 4) is 34.4 Å². The van der Waals surface area contributed by atoms with Gasteiger partial charge in [-0.25, -0.2) is 15.0 Å². The Hall–Kier alpha value is -6.99. The number of aromatic nitrogens is 3. The highest BCUT2D eigenvalue weighted by Crippen LogP contribution is 2.37. The number of rotatable bonds is 3. The molecule has 9 nitrogen and oxygen atoms in total. The maximum atomic E-state index is 12.5. The monoisotopic (exact) mass is 953 g/mol. The van der Waals surface area contributed by atoms with Gasteiger partial charge in [-0.05, 0) is 109 Å². The molecule has 0 aliphatic rings. The Morgan fingerprint density at radius 1 is 0.477 bits per heavy atom. The largest absolute Gasteiger partial charge is 0.436 e. The van der Waals surface area contributed by atoms with Crippen LogP contribution in [-0.4, -0.2) is 22.1 Å². The highest BCUT2D eigenvalue weighted by atomic mass is 35.5. The number of alkyl halides is 10. The Morgan fingerprint density at radius 3 is 1.26 bits per heavy atom. The maximum Gasteiger partial charge on any atom is 0.416 e. The van der Waals surface area contributed by atoms with Crippen LogP contribution in [0.3, 0.4) is 0 Å². The molecule has 6 N–H and O–H groups in total. The summed E-state index contributed by atoms with van der Waals surface area (Å²) < 4.78 is 145. The number of hydrogen-bond donors (Lipinski definition) is 3. The molecule has 21 heteroatoms. The van der Waals surface area contributed by atoms with Crippen molar-refractivity contribution >= 4 is 73.6 Å². The van der Waals surface area contributed by atoms with Gasteiger partial charge >= 0.3 is 18.5 Å². The number of fused-ring (bicyclic) bond motifs is 3. The second-order valence-electron chi connectivity index (χ2n) is 13.1. The number of oxazole rings is 3. The summed E-state index contributed by atoms with van der Waals surface area (Å²) in [5, 5.41) is 0.680. The van der Waals surface area contributed by atoms with Crippen LogP contribution in [0, 0.1) is 0 Å². The van der Waals surface area contributed by atoms with Crippen molar-refractivity contribution in [3.63, 3.8) is 0 Å². The number of nitrogens with zero attached hydrogens (tertiary/aromatic N) is 3. The predicted octanol–water partition coefficient (Wildman–Crippen LogP) is 14.8. The van der Waals surface area contributed by atoms with Crippen molar-refractivity contribution in [3.05, 3.63) is 142 Å². The van der Waals surface area contributed by atoms with Gasteiger partial charge in [-0.15, -0.1) is 0 Å². The van der Waals surface area contributed by atoms with E-state index in [1.54, 1.807) is 42.5 Å². The number of anilines is 3. The molecule has 0 atom stereocenters. The van der Waals surface area contributed by atoms with E-state index in [1.165, 1.54) is 36.4 Å². The van der Waals surface area contributed by atoms with E-state index >= 15 is 0 Å². The Bertz CT molecular complexity index is 3020. The van der Waals surface area contributed by atoms with Gasteiger partial charge in [-0.3, -0.25) is 4.39 Å². The molecule has 0 saturated carbocycles. The predicted molar refractivity (Wildman–Crippen MR) is 230 cm³/mol. The van der Waals surface area contributed by atoms with Crippen LogP contribution in [-0.2, 0) is 18.5 Å². The van der Waals surface area contributed by atoms with E-state index in [-0.39, 0.29) is 30.8 Å². The van der Waals surface area contributed by atoms with Crippen molar-refractivity contribution in [1.29, 1.82) is 0 Å². The Kier molecular flexibility index (Phi) is 14.2. The summed E-state index contributed by atoms with van der Waals surface area (Å²) in [4.78, 5) is 12.6. The number of benzene rings is 6. The molecule has 6 aromatic carbocycles. The van der Waals surface area contributed by atoms with E-state index in [0.29, 0.717) is 71.4 Å². The van der Waals surface area contributed by atoms with Crippen LogP contribution in [0.2, 0.25) is 10.0 Å². The first-order chi connectivity index (χ1) is 30.6. The molecule has 0 spiro atoms. The van der Waals surface area contributed by atoms with E-state index in [2.05, 4.69) is 15.0 Å². The molecule has 0 unspecified atom stereocenters. The van der Waals surface area contributed by atoms with Gasteiger partial charge in [0.2, 0.25) is 17.7 Å². The fraction of sp³-hybridized carbons (Fsp3) is 0.114. The van der Waals surface area contributed by atoms with Crippen molar-refractivity contribution < 1.29 is 58.5 Å². The standard InChI is InChI=1S/2C14H8ClF3N2O.C14H9F3N2O.CH3F.CH4/c15-9-5-6-10(19)11-12(9)21-13(20-11)7-1-3-8(4-2-7)14(16,17)18;15-9-5-6-10-12(11(9)19)20-13(21-10)7-1-3-8(4-2-7)14(16,17)18;15-14(16,17)9-6-4-8(5-7-9)13-19-12-10(18)2-1-3-11(12)20-13;1-2;/h2*1-6H,19H2;1-7H,18H2;1H3;1H4/i;;;1D;. The minimum absolute atomic E-state index is 0. The average molecular weight is 955 g/mol. The summed E-state index contributed by atoms with van der Waals surface area (Å²) in [6.45, 7) is 0. The van der Waals surface area contributed by atoms with E-state index < -0.39 is 42.4 Å². The lowest BCUT2D eigenvalue weighted by molar-refractivity contribution is -0.138. The molecule has 9 aromatic rings. The van der Waals surface area contributed by atoms with Crippen molar-refractivity contribution in [1.82, 2.24) is 15.0 Å². The number of hydrogen-bond acceptors (Lipinski definition) is 9. The third-order valence-corrected chi connectivity index (χ3v) is 9.53. The number of nitrogen functional groups attached to an aromatic ring is 3. The van der Waals surface area contributed by atoms with Crippen molar-refractivity contribution in [2.75, 3.05) is 24.4 Å². The molecule has 0 bridgehead atoms. The minimum atomic E-state index is -4.38. The van der Waals surface area contributed by atoms with E-state index in [9.17, 15) is 43.9 Å². The molecule has 0 radical (unpaired) electrons. The van der Waals surface area contributed by atoms with E-state index in [0.717, 1.165) is 36.4 Å². The highest BCUT2D eigenvalue weighted by Gasteiger charge is 2.32. The quantitative estimate of drug-likeness (QED) is 0.116. The minimum Gasteiger partial charge on any atom is -0.436 e. The Morgan fingerprint density at radius 2 is 0.846 bits per heavy atom.